The number of hydrogen-bond acceptors (Lipinski definition) is 4. The third-order valence-corrected chi connectivity index (χ3v) is 6.24. The molecule has 0 aliphatic heterocycles. The molecule has 2 aliphatic carbocycles. The molecule has 2 aliphatic rings. The summed E-state index contributed by atoms with van der Waals surface area (Å²) in [5, 5.41) is 2.93. The second kappa shape index (κ2) is 8.64. The minimum absolute atomic E-state index is 0.0460. The molecule has 21 heavy (non-hydrogen) atoms. The number of rotatable bonds is 7. The summed E-state index contributed by atoms with van der Waals surface area (Å²) >= 11 is 0. The molecule has 0 bridgehead atoms. The summed E-state index contributed by atoms with van der Waals surface area (Å²) in [5.41, 5.74) is 5.93. The minimum Gasteiger partial charge on any atom is -0.315 e. The monoisotopic (exact) mass is 318 g/mol. The molecular weight excluding hydrogens is 287 g/mol. The molecule has 6 heteroatoms. The Labute approximate surface area is 128 Å². The first-order chi connectivity index (χ1) is 10.1. The summed E-state index contributed by atoms with van der Waals surface area (Å²) in [6, 6.07) is 0. The number of nitrogens with two attached hydrogens (primary N) is 1. The minimum atomic E-state index is -3.30. The van der Waals surface area contributed by atoms with Crippen molar-refractivity contribution in [3.63, 3.8) is 0 Å². The van der Waals surface area contributed by atoms with Gasteiger partial charge in [-0.15, -0.1) is 0 Å². The zero-order valence-electron chi connectivity index (χ0n) is 13.3. The van der Waals surface area contributed by atoms with E-state index in [1.54, 1.807) is 0 Å². The Balaban J connectivity index is 1.95. The van der Waals surface area contributed by atoms with Crippen LogP contribution in [0.5, 0.6) is 0 Å². The second-order valence-electron chi connectivity index (χ2n) is 6.37. The maximum atomic E-state index is 13.1. The van der Waals surface area contributed by atoms with Crippen molar-refractivity contribution >= 4 is 7.75 Å². The van der Waals surface area contributed by atoms with Crippen LogP contribution in [0, 0.1) is 0 Å². The zero-order valence-corrected chi connectivity index (χ0v) is 14.2. The van der Waals surface area contributed by atoms with Crippen LogP contribution in [-0.4, -0.2) is 18.4 Å². The lowest BCUT2D eigenvalue weighted by molar-refractivity contribution is 0.0723. The molecule has 0 amide bonds. The molecule has 0 radical (unpaired) electrons. The third kappa shape index (κ3) is 5.99. The Morgan fingerprint density at radius 1 is 1.00 bits per heavy atom. The van der Waals surface area contributed by atoms with E-state index in [1.807, 2.05) is 6.92 Å². The van der Waals surface area contributed by atoms with E-state index < -0.39 is 7.75 Å². The summed E-state index contributed by atoms with van der Waals surface area (Å²) in [7, 11) is -3.30. The van der Waals surface area contributed by atoms with Crippen molar-refractivity contribution in [1.29, 1.82) is 0 Å². The maximum Gasteiger partial charge on any atom is 0.407 e. The van der Waals surface area contributed by atoms with E-state index in [4.69, 9.17) is 14.8 Å². The van der Waals surface area contributed by atoms with E-state index in [1.165, 1.54) is 12.8 Å². The first-order valence-electron chi connectivity index (χ1n) is 8.61. The van der Waals surface area contributed by atoms with Crippen molar-refractivity contribution in [1.82, 2.24) is 5.09 Å². The van der Waals surface area contributed by atoms with Crippen molar-refractivity contribution < 1.29 is 13.6 Å². The van der Waals surface area contributed by atoms with Crippen LogP contribution in [0.25, 0.3) is 0 Å². The SMILES string of the molecule is CCC(N)NP(=O)(OC1CCCCC1)OC1CCCCC1. The number of hydrogen-bond donors (Lipinski definition) is 2. The average molecular weight is 318 g/mol. The van der Waals surface area contributed by atoms with Crippen molar-refractivity contribution in [2.24, 2.45) is 5.73 Å². The highest BCUT2D eigenvalue weighted by atomic mass is 31.2. The molecule has 1 atom stereocenters. The highest BCUT2D eigenvalue weighted by Crippen LogP contribution is 2.50. The van der Waals surface area contributed by atoms with Crippen LogP contribution in [0.2, 0.25) is 0 Å². The van der Waals surface area contributed by atoms with E-state index in [0.717, 1.165) is 51.4 Å². The van der Waals surface area contributed by atoms with Crippen LogP contribution in [0.1, 0.15) is 77.6 Å². The molecule has 2 saturated carbocycles. The van der Waals surface area contributed by atoms with Crippen LogP contribution in [0.3, 0.4) is 0 Å². The Morgan fingerprint density at radius 3 is 1.81 bits per heavy atom. The summed E-state index contributed by atoms with van der Waals surface area (Å²) in [4.78, 5) is 0. The average Bonchev–Trinajstić information content (AvgIpc) is 2.48. The molecule has 0 spiro atoms. The molecule has 3 N–H and O–H groups in total. The largest absolute Gasteiger partial charge is 0.407 e. The Bertz CT molecular complexity index is 318. The van der Waals surface area contributed by atoms with Gasteiger partial charge in [-0.2, -0.15) is 0 Å². The van der Waals surface area contributed by atoms with Gasteiger partial charge in [0.2, 0.25) is 0 Å². The summed E-state index contributed by atoms with van der Waals surface area (Å²) in [6.07, 6.45) is 11.4. The second-order valence-corrected chi connectivity index (χ2v) is 8.05. The quantitative estimate of drug-likeness (QED) is 0.546. The molecule has 0 saturated heterocycles. The molecule has 124 valence electrons. The molecule has 5 nitrogen and oxygen atoms in total. The molecule has 0 aromatic heterocycles. The van der Waals surface area contributed by atoms with Gasteiger partial charge in [0, 0.05) is 0 Å². The Hall–Kier alpha value is 0.0700. The van der Waals surface area contributed by atoms with Gasteiger partial charge < -0.3 is 5.73 Å². The predicted octanol–water partition coefficient (Wildman–Crippen LogP) is 4.08. The fraction of sp³-hybridized carbons (Fsp3) is 1.00. The van der Waals surface area contributed by atoms with Gasteiger partial charge in [-0.25, -0.2) is 9.65 Å². The van der Waals surface area contributed by atoms with Gasteiger partial charge >= 0.3 is 7.75 Å². The van der Waals surface area contributed by atoms with Crippen molar-refractivity contribution in [2.45, 2.75) is 95.9 Å². The highest BCUT2D eigenvalue weighted by Gasteiger charge is 2.34. The van der Waals surface area contributed by atoms with Crippen LogP contribution < -0.4 is 10.8 Å². The molecular formula is C15H31N2O3P. The maximum absolute atomic E-state index is 13.1. The van der Waals surface area contributed by atoms with E-state index >= 15 is 0 Å². The van der Waals surface area contributed by atoms with E-state index in [-0.39, 0.29) is 18.4 Å². The molecule has 2 fully saturated rings. The summed E-state index contributed by atoms with van der Waals surface area (Å²) in [5.74, 6) is 0. The van der Waals surface area contributed by atoms with E-state index in [2.05, 4.69) is 5.09 Å². The predicted molar refractivity (Wildman–Crippen MR) is 84.9 cm³/mol. The van der Waals surface area contributed by atoms with Gasteiger partial charge in [-0.05, 0) is 32.1 Å². The smallest absolute Gasteiger partial charge is 0.315 e. The van der Waals surface area contributed by atoms with Crippen molar-refractivity contribution in [3.8, 4) is 0 Å². The lowest BCUT2D eigenvalue weighted by Gasteiger charge is -2.32. The Morgan fingerprint density at radius 2 is 1.43 bits per heavy atom. The van der Waals surface area contributed by atoms with Crippen molar-refractivity contribution in [3.05, 3.63) is 0 Å². The van der Waals surface area contributed by atoms with Crippen LogP contribution >= 0.6 is 7.75 Å². The standard InChI is InChI=1S/C15H31N2O3P/c1-2-15(16)17-21(18,19-13-9-5-3-6-10-13)20-14-11-7-4-8-12-14/h13-15H,2-12,16H2,1H3,(H,17,18). The molecule has 1 unspecified atom stereocenters. The van der Waals surface area contributed by atoms with E-state index in [0.29, 0.717) is 6.42 Å². The Kier molecular flexibility index (Phi) is 7.17. The first-order valence-corrected chi connectivity index (χ1v) is 10.2. The van der Waals surface area contributed by atoms with Gasteiger partial charge in [-0.3, -0.25) is 9.05 Å². The normalized spacial score (nSPS) is 24.1. The van der Waals surface area contributed by atoms with Gasteiger partial charge in [0.15, 0.2) is 0 Å². The van der Waals surface area contributed by atoms with Crippen molar-refractivity contribution in [2.75, 3.05) is 0 Å². The number of nitrogens with one attached hydrogen (secondary N) is 1. The molecule has 0 aromatic rings. The van der Waals surface area contributed by atoms with Gasteiger partial charge in [-0.1, -0.05) is 45.4 Å². The van der Waals surface area contributed by atoms with E-state index in [9.17, 15) is 4.57 Å². The fourth-order valence-electron chi connectivity index (χ4n) is 3.11. The van der Waals surface area contributed by atoms with Crippen LogP contribution in [0.4, 0.5) is 0 Å². The topological polar surface area (TPSA) is 73.6 Å². The summed E-state index contributed by atoms with van der Waals surface area (Å²) < 4.78 is 24.9. The zero-order chi connectivity index (χ0) is 15.1. The van der Waals surface area contributed by atoms with Gasteiger partial charge in [0.25, 0.3) is 0 Å². The third-order valence-electron chi connectivity index (χ3n) is 4.44. The summed E-state index contributed by atoms with van der Waals surface area (Å²) in [6.45, 7) is 1.96. The lowest BCUT2D eigenvalue weighted by atomic mass is 9.98. The molecule has 2 rings (SSSR count). The van der Waals surface area contributed by atoms with Crippen LogP contribution in [0.15, 0.2) is 0 Å². The van der Waals surface area contributed by atoms with Gasteiger partial charge in [0.05, 0.1) is 18.4 Å². The van der Waals surface area contributed by atoms with Gasteiger partial charge in [0.1, 0.15) is 0 Å². The molecule has 0 aromatic carbocycles. The molecule has 0 heterocycles. The first kappa shape index (κ1) is 17.4. The fourth-order valence-corrected chi connectivity index (χ4v) is 5.08. The van der Waals surface area contributed by atoms with Crippen LogP contribution in [-0.2, 0) is 13.6 Å². The highest BCUT2D eigenvalue weighted by molar-refractivity contribution is 7.51. The lowest BCUT2D eigenvalue weighted by Crippen LogP contribution is -2.37.